The molecule has 30 heavy (non-hydrogen) atoms. The van der Waals surface area contributed by atoms with E-state index in [0.29, 0.717) is 25.2 Å². The zero-order chi connectivity index (χ0) is 21.6. The number of rotatable bonds is 5. The number of aromatic nitrogens is 2. The summed E-state index contributed by atoms with van der Waals surface area (Å²) in [6, 6.07) is 3.73. The molecule has 4 nitrogen and oxygen atoms in total. The smallest absolute Gasteiger partial charge is 0.165 e. The molecule has 0 saturated carbocycles. The predicted octanol–water partition coefficient (Wildman–Crippen LogP) is 5.41. The number of Topliss-reactive ketones (excluding diaryl/α,β-unsaturated/α-hetero) is 1. The number of carbonyl (C=O) groups is 1. The molecule has 3 heterocycles. The van der Waals surface area contributed by atoms with Gasteiger partial charge in [0, 0.05) is 42.2 Å². The van der Waals surface area contributed by atoms with Gasteiger partial charge in [0.2, 0.25) is 0 Å². The topological polar surface area (TPSA) is 44.1 Å². The fourth-order valence-corrected chi connectivity index (χ4v) is 4.64. The molecular formula is C25H29FN2O2. The van der Waals surface area contributed by atoms with Crippen LogP contribution in [0.25, 0.3) is 22.2 Å². The molecule has 1 aliphatic heterocycles. The van der Waals surface area contributed by atoms with Crippen LogP contribution in [0.15, 0.2) is 12.1 Å². The van der Waals surface area contributed by atoms with Gasteiger partial charge in [-0.2, -0.15) is 0 Å². The number of ketones is 1. The standard InChI is InChI=1S/C25H29FN2O2/c1-6-16-11-21-23(19-13-22(26)24-18(14(19)3)9-8-10-30-24)20(12-17(29)7-2)15(4)27-25(21)28(16)5/h11,13H,6-10,12H2,1-5H3. The van der Waals surface area contributed by atoms with Crippen LogP contribution in [0.3, 0.4) is 0 Å². The summed E-state index contributed by atoms with van der Waals surface area (Å²) in [6.45, 7) is 8.54. The molecule has 3 aromatic rings. The van der Waals surface area contributed by atoms with Crippen molar-refractivity contribution in [1.82, 2.24) is 9.55 Å². The van der Waals surface area contributed by atoms with Crippen molar-refractivity contribution in [2.45, 2.75) is 59.8 Å². The minimum absolute atomic E-state index is 0.159. The Bertz CT molecular complexity index is 1160. The van der Waals surface area contributed by atoms with Crippen molar-refractivity contribution in [3.05, 3.63) is 46.0 Å². The summed E-state index contributed by atoms with van der Waals surface area (Å²) < 4.78 is 22.8. The molecule has 1 aromatic carbocycles. The lowest BCUT2D eigenvalue weighted by molar-refractivity contribution is -0.118. The highest BCUT2D eigenvalue weighted by Crippen LogP contribution is 2.42. The van der Waals surface area contributed by atoms with Gasteiger partial charge >= 0.3 is 0 Å². The van der Waals surface area contributed by atoms with E-state index in [0.717, 1.165) is 69.5 Å². The lowest BCUT2D eigenvalue weighted by Crippen LogP contribution is -2.13. The minimum Gasteiger partial charge on any atom is -0.490 e. The summed E-state index contributed by atoms with van der Waals surface area (Å²) in [4.78, 5) is 17.3. The monoisotopic (exact) mass is 408 g/mol. The maximum absolute atomic E-state index is 15.1. The van der Waals surface area contributed by atoms with Gasteiger partial charge in [0.15, 0.2) is 11.6 Å². The number of fused-ring (bicyclic) bond motifs is 2. The maximum atomic E-state index is 15.1. The van der Waals surface area contributed by atoms with Crippen LogP contribution in [0, 0.1) is 19.7 Å². The Balaban J connectivity index is 2.09. The van der Waals surface area contributed by atoms with Crippen molar-refractivity contribution in [3.63, 3.8) is 0 Å². The number of hydrogen-bond donors (Lipinski definition) is 0. The van der Waals surface area contributed by atoms with Crippen LogP contribution in [-0.4, -0.2) is 21.9 Å². The van der Waals surface area contributed by atoms with Gasteiger partial charge in [0.1, 0.15) is 11.4 Å². The number of benzene rings is 1. The molecule has 0 unspecified atom stereocenters. The Morgan fingerprint density at radius 3 is 2.73 bits per heavy atom. The van der Waals surface area contributed by atoms with E-state index >= 15 is 4.39 Å². The third-order valence-corrected chi connectivity index (χ3v) is 6.42. The zero-order valence-electron chi connectivity index (χ0n) is 18.5. The van der Waals surface area contributed by atoms with E-state index in [1.54, 1.807) is 6.07 Å². The molecule has 0 radical (unpaired) electrons. The van der Waals surface area contributed by atoms with Crippen molar-refractivity contribution in [2.75, 3.05) is 6.61 Å². The molecule has 1 aliphatic rings. The molecule has 0 aliphatic carbocycles. The third kappa shape index (κ3) is 3.21. The van der Waals surface area contributed by atoms with Gasteiger partial charge in [-0.3, -0.25) is 4.79 Å². The van der Waals surface area contributed by atoms with E-state index in [1.165, 1.54) is 0 Å². The van der Waals surface area contributed by atoms with Gasteiger partial charge in [-0.25, -0.2) is 9.37 Å². The van der Waals surface area contributed by atoms with Gasteiger partial charge in [0.05, 0.1) is 6.61 Å². The molecular weight excluding hydrogens is 379 g/mol. The first-order valence-corrected chi connectivity index (χ1v) is 10.8. The molecule has 0 fully saturated rings. The summed E-state index contributed by atoms with van der Waals surface area (Å²) in [7, 11) is 2.02. The number of hydrogen-bond acceptors (Lipinski definition) is 3. The second-order valence-electron chi connectivity index (χ2n) is 8.20. The Morgan fingerprint density at radius 2 is 2.03 bits per heavy atom. The fourth-order valence-electron chi connectivity index (χ4n) is 4.64. The summed E-state index contributed by atoms with van der Waals surface area (Å²) in [5, 5.41) is 0.984. The average Bonchev–Trinajstić information content (AvgIpc) is 3.06. The second-order valence-corrected chi connectivity index (χ2v) is 8.20. The van der Waals surface area contributed by atoms with E-state index in [1.807, 2.05) is 27.8 Å². The SMILES string of the molecule is CCC(=O)Cc1c(C)nc2c(cc(CC)n2C)c1-c1cc(F)c2c(c1C)CCCO2. The molecule has 0 saturated heterocycles. The first kappa shape index (κ1) is 20.6. The van der Waals surface area contributed by atoms with E-state index in [9.17, 15) is 4.79 Å². The Labute approximate surface area is 177 Å². The second kappa shape index (κ2) is 7.86. The van der Waals surface area contributed by atoms with Crippen LogP contribution in [0.1, 0.15) is 54.8 Å². The van der Waals surface area contributed by atoms with Gasteiger partial charge in [0.25, 0.3) is 0 Å². The summed E-state index contributed by atoms with van der Waals surface area (Å²) in [5.41, 5.74) is 7.54. The van der Waals surface area contributed by atoms with Crippen molar-refractivity contribution >= 4 is 16.8 Å². The number of pyridine rings is 1. The van der Waals surface area contributed by atoms with Crippen molar-refractivity contribution in [1.29, 1.82) is 0 Å². The van der Waals surface area contributed by atoms with Crippen LogP contribution in [0.4, 0.5) is 4.39 Å². The van der Waals surface area contributed by atoms with Crippen LogP contribution in [-0.2, 0) is 31.1 Å². The number of halogens is 1. The van der Waals surface area contributed by atoms with Gasteiger partial charge in [-0.05, 0) is 67.5 Å². The first-order chi connectivity index (χ1) is 14.4. The minimum atomic E-state index is -0.327. The number of ether oxygens (including phenoxy) is 1. The van der Waals surface area contributed by atoms with Crippen LogP contribution >= 0.6 is 0 Å². The predicted molar refractivity (Wildman–Crippen MR) is 118 cm³/mol. The van der Waals surface area contributed by atoms with Crippen LogP contribution in [0.5, 0.6) is 5.75 Å². The molecule has 4 rings (SSSR count). The molecule has 158 valence electrons. The highest BCUT2D eigenvalue weighted by Gasteiger charge is 2.25. The number of aryl methyl sites for hydroxylation is 3. The van der Waals surface area contributed by atoms with Crippen molar-refractivity contribution in [3.8, 4) is 16.9 Å². The molecule has 0 N–H and O–H groups in total. The van der Waals surface area contributed by atoms with E-state index in [-0.39, 0.29) is 11.6 Å². The number of nitrogens with zero attached hydrogens (tertiary/aromatic N) is 2. The van der Waals surface area contributed by atoms with Crippen LogP contribution < -0.4 is 4.74 Å². The largest absolute Gasteiger partial charge is 0.490 e. The molecule has 0 atom stereocenters. The normalized spacial score (nSPS) is 13.4. The zero-order valence-corrected chi connectivity index (χ0v) is 18.5. The summed E-state index contributed by atoms with van der Waals surface area (Å²) in [5.74, 6) is 0.219. The highest BCUT2D eigenvalue weighted by molar-refractivity contribution is 5.99. The average molecular weight is 409 g/mol. The highest BCUT2D eigenvalue weighted by atomic mass is 19.1. The summed E-state index contributed by atoms with van der Waals surface area (Å²) in [6.07, 6.45) is 3.34. The first-order valence-electron chi connectivity index (χ1n) is 10.8. The lowest BCUT2D eigenvalue weighted by atomic mass is 9.87. The van der Waals surface area contributed by atoms with E-state index in [2.05, 4.69) is 17.6 Å². The Morgan fingerprint density at radius 1 is 1.27 bits per heavy atom. The summed E-state index contributed by atoms with van der Waals surface area (Å²) >= 11 is 0. The third-order valence-electron chi connectivity index (χ3n) is 6.42. The molecule has 5 heteroatoms. The molecule has 0 amide bonds. The van der Waals surface area contributed by atoms with Crippen LogP contribution in [0.2, 0.25) is 0 Å². The quantitative estimate of drug-likeness (QED) is 0.567. The molecule has 2 aromatic heterocycles. The van der Waals surface area contributed by atoms with Crippen molar-refractivity contribution in [2.24, 2.45) is 7.05 Å². The van der Waals surface area contributed by atoms with E-state index < -0.39 is 0 Å². The fraction of sp³-hybridized carbons (Fsp3) is 0.440. The van der Waals surface area contributed by atoms with Gasteiger partial charge in [-0.15, -0.1) is 0 Å². The molecule has 0 spiro atoms. The van der Waals surface area contributed by atoms with Gasteiger partial charge in [-0.1, -0.05) is 13.8 Å². The lowest BCUT2D eigenvalue weighted by Gasteiger charge is -2.23. The van der Waals surface area contributed by atoms with E-state index in [4.69, 9.17) is 9.72 Å². The Hall–Kier alpha value is -2.69. The molecule has 0 bridgehead atoms. The number of carbonyl (C=O) groups excluding carboxylic acids is 1. The maximum Gasteiger partial charge on any atom is 0.165 e. The Kier molecular flexibility index (Phi) is 5.39. The van der Waals surface area contributed by atoms with Crippen molar-refractivity contribution < 1.29 is 13.9 Å². The van der Waals surface area contributed by atoms with Gasteiger partial charge < -0.3 is 9.30 Å².